The number of amides is 1. The van der Waals surface area contributed by atoms with Crippen LogP contribution in [0.5, 0.6) is 0 Å². The van der Waals surface area contributed by atoms with E-state index in [2.05, 4.69) is 10.4 Å². The van der Waals surface area contributed by atoms with Gasteiger partial charge in [-0.15, -0.1) is 0 Å². The van der Waals surface area contributed by atoms with Crippen molar-refractivity contribution in [3.63, 3.8) is 0 Å². The largest absolute Gasteiger partial charge is 0.435 e. The molecule has 96 valence electrons. The van der Waals surface area contributed by atoms with Gasteiger partial charge in [-0.25, -0.2) is 0 Å². The minimum Gasteiger partial charge on any atom is -0.356 e. The lowest BCUT2D eigenvalue weighted by molar-refractivity contribution is -0.141. The van der Waals surface area contributed by atoms with Crippen molar-refractivity contribution in [3.8, 4) is 0 Å². The highest BCUT2D eigenvalue weighted by atomic mass is 19.4. The van der Waals surface area contributed by atoms with Gasteiger partial charge in [0.15, 0.2) is 5.69 Å². The summed E-state index contributed by atoms with van der Waals surface area (Å²) in [5.74, 6) is -0.154. The first-order chi connectivity index (χ1) is 7.80. The number of aryl methyl sites for hydroxylation is 2. The quantitative estimate of drug-likeness (QED) is 0.826. The molecule has 0 radical (unpaired) electrons. The van der Waals surface area contributed by atoms with Gasteiger partial charge in [-0.2, -0.15) is 18.3 Å². The van der Waals surface area contributed by atoms with Crippen LogP contribution in [0.25, 0.3) is 0 Å². The average molecular weight is 249 g/mol. The third-order valence-electron chi connectivity index (χ3n) is 2.19. The van der Waals surface area contributed by atoms with Crippen LogP contribution in [-0.4, -0.2) is 22.2 Å². The van der Waals surface area contributed by atoms with E-state index < -0.39 is 11.9 Å². The number of nitrogens with zero attached hydrogens (tertiary/aromatic N) is 2. The highest BCUT2D eigenvalue weighted by Crippen LogP contribution is 2.28. The summed E-state index contributed by atoms with van der Waals surface area (Å²) in [6.07, 6.45) is -3.87. The second-order valence-corrected chi connectivity index (χ2v) is 3.73. The van der Waals surface area contributed by atoms with Crippen LogP contribution in [0.1, 0.15) is 24.7 Å². The summed E-state index contributed by atoms with van der Waals surface area (Å²) in [7, 11) is 0. The molecular formula is C10H14F3N3O. The molecule has 0 aromatic carbocycles. The van der Waals surface area contributed by atoms with Gasteiger partial charge in [0.2, 0.25) is 5.91 Å². The third-order valence-corrected chi connectivity index (χ3v) is 2.19. The summed E-state index contributed by atoms with van der Waals surface area (Å²) in [6.45, 7) is 3.74. The fourth-order valence-corrected chi connectivity index (χ4v) is 1.37. The van der Waals surface area contributed by atoms with Crippen LogP contribution in [-0.2, 0) is 17.5 Å². The smallest absolute Gasteiger partial charge is 0.356 e. The number of alkyl halides is 3. The van der Waals surface area contributed by atoms with Gasteiger partial charge in [-0.05, 0) is 19.4 Å². The number of carbonyl (C=O) groups excluding carboxylic acids is 1. The van der Waals surface area contributed by atoms with E-state index in [4.69, 9.17) is 0 Å². The van der Waals surface area contributed by atoms with Crippen molar-refractivity contribution in [2.45, 2.75) is 33.0 Å². The molecule has 0 saturated carbocycles. The predicted octanol–water partition coefficient (Wildman–Crippen LogP) is 1.74. The summed E-state index contributed by atoms with van der Waals surface area (Å²) in [4.78, 5) is 10.6. The third kappa shape index (κ3) is 4.08. The lowest BCUT2D eigenvalue weighted by atomic mass is 10.3. The van der Waals surface area contributed by atoms with E-state index in [0.29, 0.717) is 25.2 Å². The number of aromatic nitrogens is 2. The molecule has 0 aliphatic carbocycles. The number of rotatable bonds is 4. The molecule has 0 aliphatic rings. The normalized spacial score (nSPS) is 11.6. The van der Waals surface area contributed by atoms with Crippen LogP contribution < -0.4 is 5.32 Å². The van der Waals surface area contributed by atoms with E-state index in [0.717, 1.165) is 6.07 Å². The van der Waals surface area contributed by atoms with E-state index in [1.165, 1.54) is 11.6 Å². The summed E-state index contributed by atoms with van der Waals surface area (Å²) in [5, 5.41) is 6.05. The van der Waals surface area contributed by atoms with E-state index in [1.807, 2.05) is 0 Å². The second kappa shape index (κ2) is 5.20. The van der Waals surface area contributed by atoms with Crippen molar-refractivity contribution in [1.29, 1.82) is 0 Å². The van der Waals surface area contributed by atoms with Crippen LogP contribution in [0.3, 0.4) is 0 Å². The van der Waals surface area contributed by atoms with E-state index in [9.17, 15) is 18.0 Å². The Morgan fingerprint density at radius 1 is 1.53 bits per heavy atom. The first-order valence-electron chi connectivity index (χ1n) is 5.17. The molecule has 0 fully saturated rings. The van der Waals surface area contributed by atoms with Crippen LogP contribution in [0.2, 0.25) is 0 Å². The van der Waals surface area contributed by atoms with Crippen molar-refractivity contribution >= 4 is 5.91 Å². The van der Waals surface area contributed by atoms with E-state index in [-0.39, 0.29) is 5.91 Å². The van der Waals surface area contributed by atoms with Gasteiger partial charge in [0.05, 0.1) is 0 Å². The van der Waals surface area contributed by atoms with E-state index >= 15 is 0 Å². The second-order valence-electron chi connectivity index (χ2n) is 3.73. The molecule has 0 spiro atoms. The fraction of sp³-hybridized carbons (Fsp3) is 0.600. The van der Waals surface area contributed by atoms with Crippen molar-refractivity contribution in [2.75, 3.05) is 6.54 Å². The van der Waals surface area contributed by atoms with Gasteiger partial charge in [0.25, 0.3) is 0 Å². The summed E-state index contributed by atoms with van der Waals surface area (Å²) in [5.41, 5.74) is -0.422. The molecule has 7 heteroatoms. The van der Waals surface area contributed by atoms with Gasteiger partial charge in [-0.1, -0.05) is 0 Å². The molecule has 1 N–H and O–H groups in total. The van der Waals surface area contributed by atoms with Crippen LogP contribution in [0.15, 0.2) is 6.07 Å². The molecule has 1 rings (SSSR count). The number of carbonyl (C=O) groups is 1. The van der Waals surface area contributed by atoms with Gasteiger partial charge < -0.3 is 5.32 Å². The van der Waals surface area contributed by atoms with Gasteiger partial charge in [-0.3, -0.25) is 9.48 Å². The minimum atomic E-state index is -4.41. The molecular weight excluding hydrogens is 235 g/mol. The zero-order valence-electron chi connectivity index (χ0n) is 9.64. The first-order valence-corrected chi connectivity index (χ1v) is 5.17. The molecule has 1 amide bonds. The van der Waals surface area contributed by atoms with Gasteiger partial charge in [0.1, 0.15) is 0 Å². The zero-order valence-corrected chi connectivity index (χ0v) is 9.64. The Kier molecular flexibility index (Phi) is 4.14. The highest BCUT2D eigenvalue weighted by Gasteiger charge is 2.34. The topological polar surface area (TPSA) is 46.9 Å². The van der Waals surface area contributed by atoms with Gasteiger partial charge >= 0.3 is 6.18 Å². The minimum absolute atomic E-state index is 0.154. The number of hydrogen-bond donors (Lipinski definition) is 1. The highest BCUT2D eigenvalue weighted by molar-refractivity contribution is 5.72. The van der Waals surface area contributed by atoms with Gasteiger partial charge in [0, 0.05) is 25.7 Å². The first kappa shape index (κ1) is 13.5. The SMILES string of the molecule is CC(=O)NCCCn1nc(C(F)(F)F)cc1C. The molecule has 4 nitrogen and oxygen atoms in total. The number of hydrogen-bond acceptors (Lipinski definition) is 2. The Balaban J connectivity index is 2.54. The number of halogens is 3. The fourth-order valence-electron chi connectivity index (χ4n) is 1.37. The predicted molar refractivity (Wildman–Crippen MR) is 55.3 cm³/mol. The molecule has 0 saturated heterocycles. The maximum absolute atomic E-state index is 12.3. The molecule has 1 aromatic heterocycles. The Morgan fingerprint density at radius 3 is 2.65 bits per heavy atom. The molecule has 17 heavy (non-hydrogen) atoms. The molecule has 1 heterocycles. The Bertz CT molecular complexity index is 398. The van der Waals surface area contributed by atoms with Crippen molar-refractivity contribution in [3.05, 3.63) is 17.5 Å². The Hall–Kier alpha value is -1.53. The standard InChI is InChI=1S/C10H14F3N3O/c1-7-6-9(10(11,12)13)15-16(7)5-3-4-14-8(2)17/h6H,3-5H2,1-2H3,(H,14,17). The molecule has 0 bridgehead atoms. The summed E-state index contributed by atoms with van der Waals surface area (Å²) < 4.78 is 38.3. The van der Waals surface area contributed by atoms with Crippen molar-refractivity contribution in [1.82, 2.24) is 15.1 Å². The molecule has 0 unspecified atom stereocenters. The van der Waals surface area contributed by atoms with Crippen LogP contribution >= 0.6 is 0 Å². The van der Waals surface area contributed by atoms with E-state index in [1.54, 1.807) is 6.92 Å². The average Bonchev–Trinajstić information content (AvgIpc) is 2.54. The zero-order chi connectivity index (χ0) is 13.1. The summed E-state index contributed by atoms with van der Waals surface area (Å²) >= 11 is 0. The summed E-state index contributed by atoms with van der Waals surface area (Å²) in [6, 6.07) is 1.01. The molecule has 0 aliphatic heterocycles. The van der Waals surface area contributed by atoms with Crippen LogP contribution in [0.4, 0.5) is 13.2 Å². The monoisotopic (exact) mass is 249 g/mol. The van der Waals surface area contributed by atoms with Crippen LogP contribution in [0, 0.1) is 6.92 Å². The lowest BCUT2D eigenvalue weighted by Gasteiger charge is -2.05. The molecule has 0 atom stereocenters. The maximum atomic E-state index is 12.3. The number of nitrogens with one attached hydrogen (secondary N) is 1. The molecule has 1 aromatic rings. The lowest BCUT2D eigenvalue weighted by Crippen LogP contribution is -2.22. The van der Waals surface area contributed by atoms with Crippen molar-refractivity contribution < 1.29 is 18.0 Å². The Labute approximate surface area is 96.8 Å². The van der Waals surface area contributed by atoms with Crippen molar-refractivity contribution in [2.24, 2.45) is 0 Å². The maximum Gasteiger partial charge on any atom is 0.435 e. The Morgan fingerprint density at radius 2 is 2.18 bits per heavy atom.